The molecule has 6 heteroatoms. The molecular weight excluding hydrogens is 270 g/mol. The number of hydrogen-bond acceptors (Lipinski definition) is 5. The first kappa shape index (κ1) is 17.2. The number of nitrogens with one attached hydrogen (secondary N) is 1. The Morgan fingerprint density at radius 1 is 1.38 bits per heavy atom. The van der Waals surface area contributed by atoms with Gasteiger partial charge in [-0.2, -0.15) is 0 Å². The lowest BCUT2D eigenvalue weighted by Gasteiger charge is -2.25. The van der Waals surface area contributed by atoms with E-state index in [1.165, 1.54) is 6.07 Å². The minimum Gasteiger partial charge on any atom is -0.497 e. The van der Waals surface area contributed by atoms with Crippen molar-refractivity contribution in [2.75, 3.05) is 33.1 Å². The maximum Gasteiger partial charge on any atom is 0.292 e. The van der Waals surface area contributed by atoms with E-state index in [4.69, 9.17) is 4.74 Å². The Morgan fingerprint density at radius 3 is 2.52 bits per heavy atom. The van der Waals surface area contributed by atoms with Crippen LogP contribution in [-0.4, -0.2) is 43.6 Å². The van der Waals surface area contributed by atoms with Gasteiger partial charge in [0.15, 0.2) is 0 Å². The van der Waals surface area contributed by atoms with E-state index in [9.17, 15) is 10.1 Å². The van der Waals surface area contributed by atoms with Gasteiger partial charge in [-0.3, -0.25) is 10.1 Å². The fraction of sp³-hybridized carbons (Fsp3) is 0.600. The van der Waals surface area contributed by atoms with Crippen LogP contribution in [0.1, 0.15) is 20.3 Å². The van der Waals surface area contributed by atoms with Crippen molar-refractivity contribution in [2.45, 2.75) is 26.3 Å². The quantitative estimate of drug-likeness (QED) is 0.590. The van der Waals surface area contributed by atoms with Gasteiger partial charge < -0.3 is 15.0 Å². The van der Waals surface area contributed by atoms with Gasteiger partial charge in [0, 0.05) is 24.7 Å². The maximum absolute atomic E-state index is 11.2. The first-order valence-corrected chi connectivity index (χ1v) is 7.07. The van der Waals surface area contributed by atoms with E-state index in [2.05, 4.69) is 24.1 Å². The molecular formula is C15H25N3O3. The maximum atomic E-state index is 11.2. The van der Waals surface area contributed by atoms with Crippen molar-refractivity contribution in [3.63, 3.8) is 0 Å². The lowest BCUT2D eigenvalue weighted by molar-refractivity contribution is -0.384. The normalized spacial score (nSPS) is 12.5. The molecule has 0 aromatic heterocycles. The number of methoxy groups -OCH3 is 1. The van der Waals surface area contributed by atoms with E-state index >= 15 is 0 Å². The van der Waals surface area contributed by atoms with Crippen LogP contribution in [-0.2, 0) is 0 Å². The van der Waals surface area contributed by atoms with Gasteiger partial charge in [-0.15, -0.1) is 0 Å². The minimum absolute atomic E-state index is 0.0725. The van der Waals surface area contributed by atoms with E-state index in [1.54, 1.807) is 19.2 Å². The fourth-order valence-corrected chi connectivity index (χ4v) is 2.33. The monoisotopic (exact) mass is 295 g/mol. The summed E-state index contributed by atoms with van der Waals surface area (Å²) in [4.78, 5) is 12.9. The topological polar surface area (TPSA) is 67.6 Å². The molecule has 118 valence electrons. The molecule has 21 heavy (non-hydrogen) atoms. The molecule has 1 atom stereocenters. The molecule has 1 aromatic rings. The number of likely N-dealkylation sites (N-methyl/N-ethyl adjacent to an activating group) is 1. The summed E-state index contributed by atoms with van der Waals surface area (Å²) in [7, 11) is 5.54. The first-order valence-electron chi connectivity index (χ1n) is 7.07. The highest BCUT2D eigenvalue weighted by Crippen LogP contribution is 2.30. The Labute approximate surface area is 126 Å². The highest BCUT2D eigenvalue weighted by atomic mass is 16.6. The van der Waals surface area contributed by atoms with Crippen LogP contribution in [0.15, 0.2) is 18.2 Å². The van der Waals surface area contributed by atoms with Crippen molar-refractivity contribution in [3.8, 4) is 5.75 Å². The molecule has 0 amide bonds. The van der Waals surface area contributed by atoms with Crippen LogP contribution in [0.25, 0.3) is 0 Å². The SMILES string of the molecule is COc1ccc([N+](=O)[O-])c(NC(CC(C)C)CN(C)C)c1. The van der Waals surface area contributed by atoms with Crippen LogP contribution < -0.4 is 10.1 Å². The third-order valence-electron chi connectivity index (χ3n) is 3.10. The van der Waals surface area contributed by atoms with Crippen LogP contribution in [0, 0.1) is 16.0 Å². The molecule has 0 saturated heterocycles. The van der Waals surface area contributed by atoms with Crippen molar-refractivity contribution in [1.29, 1.82) is 0 Å². The van der Waals surface area contributed by atoms with Crippen LogP contribution in [0.5, 0.6) is 5.75 Å². The van der Waals surface area contributed by atoms with Crippen molar-refractivity contribution < 1.29 is 9.66 Å². The number of ether oxygens (including phenoxy) is 1. The molecule has 0 saturated carbocycles. The zero-order valence-corrected chi connectivity index (χ0v) is 13.4. The minimum atomic E-state index is -0.371. The zero-order chi connectivity index (χ0) is 16.0. The molecule has 0 bridgehead atoms. The molecule has 0 aliphatic rings. The number of nitrogens with zero attached hydrogens (tertiary/aromatic N) is 2. The Balaban J connectivity index is 3.02. The highest BCUT2D eigenvalue weighted by Gasteiger charge is 2.19. The van der Waals surface area contributed by atoms with Gasteiger partial charge >= 0.3 is 0 Å². The number of nitro benzene ring substituents is 1. The summed E-state index contributed by atoms with van der Waals surface area (Å²) in [5, 5.41) is 14.5. The molecule has 0 aliphatic carbocycles. The van der Waals surface area contributed by atoms with Gasteiger partial charge in [0.2, 0.25) is 0 Å². The lowest BCUT2D eigenvalue weighted by atomic mass is 10.0. The Hall–Kier alpha value is -1.82. The Morgan fingerprint density at radius 2 is 2.05 bits per heavy atom. The van der Waals surface area contributed by atoms with Crippen LogP contribution in [0.4, 0.5) is 11.4 Å². The largest absolute Gasteiger partial charge is 0.497 e. The summed E-state index contributed by atoms with van der Waals surface area (Å²) in [6.07, 6.45) is 0.937. The summed E-state index contributed by atoms with van der Waals surface area (Å²) < 4.78 is 5.16. The molecule has 6 nitrogen and oxygen atoms in total. The van der Waals surface area contributed by atoms with Crippen molar-refractivity contribution >= 4 is 11.4 Å². The number of rotatable bonds is 8. The summed E-state index contributed by atoms with van der Waals surface area (Å²) in [6.45, 7) is 5.10. The van der Waals surface area contributed by atoms with Gasteiger partial charge in [0.25, 0.3) is 5.69 Å². The molecule has 0 fully saturated rings. The zero-order valence-electron chi connectivity index (χ0n) is 13.4. The molecule has 1 N–H and O–H groups in total. The average molecular weight is 295 g/mol. The Bertz CT molecular complexity index is 465. The standard InChI is InChI=1S/C15H25N3O3/c1-11(2)8-12(10-17(3)4)16-14-9-13(21-5)6-7-15(14)18(19)20/h6-7,9,11-12,16H,8,10H2,1-5H3. The Kier molecular flexibility index (Phi) is 6.42. The number of nitro groups is 1. The summed E-state index contributed by atoms with van der Waals surface area (Å²) in [6, 6.07) is 4.91. The fourth-order valence-electron chi connectivity index (χ4n) is 2.33. The van der Waals surface area contributed by atoms with E-state index in [-0.39, 0.29) is 16.7 Å². The molecule has 0 radical (unpaired) electrons. The van der Waals surface area contributed by atoms with Crippen molar-refractivity contribution in [1.82, 2.24) is 4.90 Å². The van der Waals surface area contributed by atoms with E-state index < -0.39 is 0 Å². The molecule has 1 unspecified atom stereocenters. The van der Waals surface area contributed by atoms with Gasteiger partial charge in [-0.05, 0) is 32.5 Å². The molecule has 1 aromatic carbocycles. The van der Waals surface area contributed by atoms with Crippen molar-refractivity contribution in [3.05, 3.63) is 28.3 Å². The van der Waals surface area contributed by atoms with Gasteiger partial charge in [-0.1, -0.05) is 13.8 Å². The van der Waals surface area contributed by atoms with Crippen LogP contribution in [0.3, 0.4) is 0 Å². The molecule has 0 spiro atoms. The van der Waals surface area contributed by atoms with Gasteiger partial charge in [-0.25, -0.2) is 0 Å². The van der Waals surface area contributed by atoms with Gasteiger partial charge in [0.1, 0.15) is 11.4 Å². The predicted molar refractivity (Wildman–Crippen MR) is 85.1 cm³/mol. The van der Waals surface area contributed by atoms with Gasteiger partial charge in [0.05, 0.1) is 12.0 Å². The molecule has 0 aliphatic heterocycles. The second-order valence-corrected chi connectivity index (χ2v) is 5.87. The number of hydrogen-bond donors (Lipinski definition) is 1. The smallest absolute Gasteiger partial charge is 0.292 e. The van der Waals surface area contributed by atoms with E-state index in [1.807, 2.05) is 14.1 Å². The summed E-state index contributed by atoms with van der Waals surface area (Å²) >= 11 is 0. The highest BCUT2D eigenvalue weighted by molar-refractivity contribution is 5.64. The molecule has 1 rings (SSSR count). The second kappa shape index (κ2) is 7.83. The summed E-state index contributed by atoms with van der Waals surface area (Å²) in [5.41, 5.74) is 0.579. The second-order valence-electron chi connectivity index (χ2n) is 5.87. The van der Waals surface area contributed by atoms with E-state index in [0.29, 0.717) is 17.4 Å². The number of anilines is 1. The third-order valence-corrected chi connectivity index (χ3v) is 3.10. The molecule has 0 heterocycles. The predicted octanol–water partition coefficient (Wildman–Crippen LogP) is 2.99. The lowest BCUT2D eigenvalue weighted by Crippen LogP contribution is -2.33. The summed E-state index contributed by atoms with van der Waals surface area (Å²) in [5.74, 6) is 1.11. The van der Waals surface area contributed by atoms with Crippen LogP contribution >= 0.6 is 0 Å². The van der Waals surface area contributed by atoms with Crippen molar-refractivity contribution in [2.24, 2.45) is 5.92 Å². The first-order chi connectivity index (χ1) is 9.83. The number of benzene rings is 1. The third kappa shape index (κ3) is 5.59. The average Bonchev–Trinajstić information content (AvgIpc) is 2.36. The van der Waals surface area contributed by atoms with Crippen LogP contribution in [0.2, 0.25) is 0 Å². The van der Waals surface area contributed by atoms with E-state index in [0.717, 1.165) is 13.0 Å².